The van der Waals surface area contributed by atoms with E-state index in [1.165, 1.54) is 0 Å². The fraction of sp³-hybridized carbons (Fsp3) is 0.818. The van der Waals surface area contributed by atoms with Crippen LogP contribution in [0.25, 0.3) is 0 Å². The zero-order chi connectivity index (χ0) is 12.9. The van der Waals surface area contributed by atoms with Crippen molar-refractivity contribution in [3.63, 3.8) is 0 Å². The Morgan fingerprint density at radius 1 is 0.882 bits per heavy atom. The van der Waals surface area contributed by atoms with Gasteiger partial charge in [0.15, 0.2) is 0 Å². The van der Waals surface area contributed by atoms with E-state index < -0.39 is 0 Å². The van der Waals surface area contributed by atoms with Gasteiger partial charge in [0.05, 0.1) is 0 Å². The molecule has 0 aliphatic carbocycles. The Morgan fingerprint density at radius 3 is 1.65 bits per heavy atom. The van der Waals surface area contributed by atoms with Gasteiger partial charge in [0.2, 0.25) is 11.8 Å². The van der Waals surface area contributed by atoms with E-state index in [0.29, 0.717) is 13.1 Å². The highest BCUT2D eigenvalue weighted by Gasteiger charge is 2.07. The Bertz CT molecular complexity index is 204. The smallest absolute Gasteiger partial charge is 0.229 e. The van der Waals surface area contributed by atoms with Crippen molar-refractivity contribution < 1.29 is 9.59 Å². The molecule has 4 radical (unpaired) electrons. The topological polar surface area (TPSA) is 58.2 Å². The summed E-state index contributed by atoms with van der Waals surface area (Å²) in [4.78, 5) is 22.7. The van der Waals surface area contributed by atoms with Gasteiger partial charge in [-0.05, 0) is 12.8 Å². The van der Waals surface area contributed by atoms with Gasteiger partial charge >= 0.3 is 0 Å². The molecule has 0 aromatic rings. The van der Waals surface area contributed by atoms with E-state index in [1.54, 1.807) is 0 Å². The van der Waals surface area contributed by atoms with Crippen LogP contribution >= 0.6 is 0 Å². The Labute approximate surface area is 109 Å². The van der Waals surface area contributed by atoms with Crippen molar-refractivity contribution in [2.75, 3.05) is 13.1 Å². The first-order chi connectivity index (χ1) is 8.20. The van der Waals surface area contributed by atoms with Gasteiger partial charge < -0.3 is 10.6 Å². The van der Waals surface area contributed by atoms with Crippen LogP contribution < -0.4 is 10.6 Å². The zero-order valence-electron chi connectivity index (χ0n) is 10.8. The Balaban J connectivity index is 3.42. The summed E-state index contributed by atoms with van der Waals surface area (Å²) in [5.41, 5.74) is 0. The van der Waals surface area contributed by atoms with E-state index in [1.807, 2.05) is 0 Å². The lowest BCUT2D eigenvalue weighted by Gasteiger charge is -2.05. The third kappa shape index (κ3) is 11.6. The molecule has 0 atom stereocenters. The predicted molar refractivity (Wildman–Crippen MR) is 72.7 cm³/mol. The molecule has 2 amide bonds. The second kappa shape index (κ2) is 11.8. The molecule has 0 saturated heterocycles. The summed E-state index contributed by atoms with van der Waals surface area (Å²) >= 11 is 0. The second-order valence-electron chi connectivity index (χ2n) is 3.79. The van der Waals surface area contributed by atoms with Crippen LogP contribution in [0, 0.1) is 0 Å². The molecule has 2 N–H and O–H groups in total. The number of hydrogen-bond donors (Lipinski definition) is 2. The second-order valence-corrected chi connectivity index (χ2v) is 6.21. The highest BCUT2D eigenvalue weighted by Crippen LogP contribution is 1.89. The molecule has 0 aliphatic heterocycles. The van der Waals surface area contributed by atoms with Crippen LogP contribution in [0.1, 0.15) is 19.3 Å². The summed E-state index contributed by atoms with van der Waals surface area (Å²) in [6, 6.07) is 2.29. The van der Waals surface area contributed by atoms with Crippen LogP contribution in [0.5, 0.6) is 0 Å². The molecule has 0 saturated carbocycles. The maximum absolute atomic E-state index is 11.3. The van der Waals surface area contributed by atoms with Crippen LogP contribution in [0.2, 0.25) is 25.2 Å². The first-order valence-electron chi connectivity index (χ1n) is 6.03. The number of carbonyl (C=O) groups is 2. The van der Waals surface area contributed by atoms with Crippen LogP contribution in [0.15, 0.2) is 0 Å². The lowest BCUT2D eigenvalue weighted by Crippen LogP contribution is -2.32. The first-order valence-corrected chi connectivity index (χ1v) is 9.44. The summed E-state index contributed by atoms with van der Waals surface area (Å²) in [6.45, 7) is 5.66. The summed E-state index contributed by atoms with van der Waals surface area (Å²) in [6.07, 6.45) is 1.96. The normalized spacial score (nSPS) is 10.0. The van der Waals surface area contributed by atoms with Gasteiger partial charge in [-0.15, -0.1) is 0 Å². The molecule has 0 rings (SSSR count). The van der Waals surface area contributed by atoms with Gasteiger partial charge in [0.1, 0.15) is 6.42 Å². The Kier molecular flexibility index (Phi) is 11.4. The molecule has 0 aromatic heterocycles. The van der Waals surface area contributed by atoms with Crippen LogP contribution in [0.3, 0.4) is 0 Å². The number of amides is 2. The SMILES string of the molecule is C[Si]CCCNC(=O)CC(=O)NCCC[Si]C. The fourth-order valence-electron chi connectivity index (χ4n) is 1.26. The van der Waals surface area contributed by atoms with Gasteiger partial charge in [0.25, 0.3) is 0 Å². The molecule has 17 heavy (non-hydrogen) atoms. The molecule has 0 spiro atoms. The number of rotatable bonds is 10. The van der Waals surface area contributed by atoms with Crippen molar-refractivity contribution in [2.45, 2.75) is 44.4 Å². The lowest BCUT2D eigenvalue weighted by molar-refractivity contribution is -0.129. The van der Waals surface area contributed by atoms with Gasteiger partial charge in [0, 0.05) is 32.1 Å². The van der Waals surface area contributed by atoms with Crippen LogP contribution in [-0.4, -0.2) is 43.9 Å². The summed E-state index contributed by atoms with van der Waals surface area (Å²) in [5.74, 6) is -0.335. The lowest BCUT2D eigenvalue weighted by atomic mass is 10.3. The van der Waals surface area contributed by atoms with Crippen molar-refractivity contribution in [2.24, 2.45) is 0 Å². The van der Waals surface area contributed by atoms with Gasteiger partial charge in [-0.1, -0.05) is 25.2 Å². The number of nitrogens with one attached hydrogen (secondary N) is 2. The van der Waals surface area contributed by atoms with Gasteiger partial charge in [-0.3, -0.25) is 9.59 Å². The van der Waals surface area contributed by atoms with Gasteiger partial charge in [-0.25, -0.2) is 0 Å². The minimum atomic E-state index is -0.167. The van der Waals surface area contributed by atoms with Crippen molar-refractivity contribution in [3.8, 4) is 0 Å². The Hall–Kier alpha value is -0.626. The standard InChI is InChI=1S/C11H22N2O2Si2/c1-16-7-3-5-12-10(14)9-11(15)13-6-4-8-17-2/h3-9H2,1-2H3,(H,12,14)(H,13,15). The predicted octanol–water partition coefficient (Wildman–Crippen LogP) is 0.730. The van der Waals surface area contributed by atoms with E-state index in [0.717, 1.165) is 44.0 Å². The van der Waals surface area contributed by atoms with E-state index in [4.69, 9.17) is 0 Å². The molecular weight excluding hydrogens is 248 g/mol. The summed E-state index contributed by atoms with van der Waals surface area (Å²) < 4.78 is 0. The Morgan fingerprint density at radius 2 is 1.29 bits per heavy atom. The average molecular weight is 270 g/mol. The molecule has 96 valence electrons. The van der Waals surface area contributed by atoms with Crippen molar-refractivity contribution >= 4 is 30.9 Å². The zero-order valence-corrected chi connectivity index (χ0v) is 12.8. The minimum absolute atomic E-state index is 0.0389. The minimum Gasteiger partial charge on any atom is -0.356 e. The number of hydrogen-bond acceptors (Lipinski definition) is 2. The molecule has 0 aliphatic rings. The average Bonchev–Trinajstić information content (AvgIpc) is 2.30. The highest BCUT2D eigenvalue weighted by molar-refractivity contribution is 6.33. The summed E-state index contributed by atoms with van der Waals surface area (Å²) in [7, 11) is 1.85. The molecule has 0 bridgehead atoms. The molecule has 6 heteroatoms. The molecule has 0 aromatic carbocycles. The van der Waals surface area contributed by atoms with E-state index >= 15 is 0 Å². The third-order valence-corrected chi connectivity index (χ3v) is 3.88. The quantitative estimate of drug-likeness (QED) is 0.349. The van der Waals surface area contributed by atoms with Crippen LogP contribution in [-0.2, 0) is 9.59 Å². The monoisotopic (exact) mass is 270 g/mol. The maximum atomic E-state index is 11.3. The molecule has 0 fully saturated rings. The molecule has 0 heterocycles. The maximum Gasteiger partial charge on any atom is 0.229 e. The van der Waals surface area contributed by atoms with Gasteiger partial charge in [-0.2, -0.15) is 0 Å². The van der Waals surface area contributed by atoms with Crippen molar-refractivity contribution in [1.29, 1.82) is 0 Å². The largest absolute Gasteiger partial charge is 0.356 e. The van der Waals surface area contributed by atoms with Crippen LogP contribution in [0.4, 0.5) is 0 Å². The van der Waals surface area contributed by atoms with E-state index in [9.17, 15) is 9.59 Å². The molecule has 4 nitrogen and oxygen atoms in total. The fourth-order valence-corrected chi connectivity index (χ4v) is 2.32. The molecule has 0 unspecified atom stereocenters. The summed E-state index contributed by atoms with van der Waals surface area (Å²) in [5, 5.41) is 5.51. The first kappa shape index (κ1) is 16.4. The van der Waals surface area contributed by atoms with Crippen molar-refractivity contribution in [3.05, 3.63) is 0 Å². The van der Waals surface area contributed by atoms with E-state index in [2.05, 4.69) is 23.7 Å². The highest BCUT2D eigenvalue weighted by atomic mass is 28.2. The van der Waals surface area contributed by atoms with Crippen molar-refractivity contribution in [1.82, 2.24) is 10.6 Å². The number of carbonyl (C=O) groups excluding carboxylic acids is 2. The molecular formula is C11H22N2O2Si2. The third-order valence-electron chi connectivity index (χ3n) is 2.17. The van der Waals surface area contributed by atoms with E-state index in [-0.39, 0.29) is 18.2 Å².